The van der Waals surface area contributed by atoms with Crippen molar-refractivity contribution in [3.8, 4) is 0 Å². The Balaban J connectivity index is 1.82. The zero-order valence-corrected chi connectivity index (χ0v) is 15.0. The van der Waals surface area contributed by atoms with E-state index in [9.17, 15) is 9.18 Å². The number of hydrogen-bond acceptors (Lipinski definition) is 2. The minimum absolute atomic E-state index is 0.141. The third-order valence-corrected chi connectivity index (χ3v) is 5.70. The van der Waals surface area contributed by atoms with Crippen LogP contribution >= 0.6 is 0 Å². The lowest BCUT2D eigenvalue weighted by atomic mass is 9.85. The summed E-state index contributed by atoms with van der Waals surface area (Å²) in [6.45, 7) is 7.01. The fraction of sp³-hybridized carbons (Fsp3) is 0.450. The second kappa shape index (κ2) is 5.99. The molecule has 0 fully saturated rings. The fourth-order valence-corrected chi connectivity index (χ4v) is 4.34. The molecule has 0 aliphatic carbocycles. The van der Waals surface area contributed by atoms with Crippen LogP contribution in [0.15, 0.2) is 30.5 Å². The number of aromatic nitrogens is 1. The number of benzene rings is 1. The second-order valence-electron chi connectivity index (χ2n) is 7.02. The molecular weight excluding hydrogens is 317 g/mol. The Bertz CT molecular complexity index is 865. The van der Waals surface area contributed by atoms with Gasteiger partial charge in [0.2, 0.25) is 5.91 Å². The number of fused-ring (bicyclic) bond motifs is 2. The van der Waals surface area contributed by atoms with Gasteiger partial charge in [-0.05, 0) is 44.7 Å². The van der Waals surface area contributed by atoms with Crippen molar-refractivity contribution in [2.24, 2.45) is 5.92 Å². The predicted octanol–water partition coefficient (Wildman–Crippen LogP) is 2.98. The molecule has 3 heterocycles. The maximum atomic E-state index is 14.1. The van der Waals surface area contributed by atoms with Gasteiger partial charge in [0.15, 0.2) is 0 Å². The average Bonchev–Trinajstić information content (AvgIpc) is 3.04. The summed E-state index contributed by atoms with van der Waals surface area (Å²) in [4.78, 5) is 17.0. The third-order valence-electron chi connectivity index (χ3n) is 5.70. The normalized spacial score (nSPS) is 22.6. The first-order valence-electron chi connectivity index (χ1n) is 9.03. The molecule has 132 valence electrons. The van der Waals surface area contributed by atoms with Gasteiger partial charge in [0.25, 0.3) is 0 Å². The minimum atomic E-state index is -0.184. The van der Waals surface area contributed by atoms with E-state index in [-0.39, 0.29) is 23.7 Å². The van der Waals surface area contributed by atoms with Crippen molar-refractivity contribution < 1.29 is 9.18 Å². The second-order valence-corrected chi connectivity index (χ2v) is 7.02. The summed E-state index contributed by atoms with van der Waals surface area (Å²) in [6.07, 6.45) is 4.10. The Morgan fingerprint density at radius 2 is 2.00 bits per heavy atom. The van der Waals surface area contributed by atoms with Crippen LogP contribution in [0.4, 0.5) is 4.39 Å². The molecule has 4 rings (SSSR count). The monoisotopic (exact) mass is 341 g/mol. The van der Waals surface area contributed by atoms with Gasteiger partial charge in [-0.1, -0.05) is 6.08 Å². The zero-order chi connectivity index (χ0) is 17.7. The Morgan fingerprint density at radius 3 is 2.72 bits per heavy atom. The van der Waals surface area contributed by atoms with Crippen molar-refractivity contribution in [1.29, 1.82) is 0 Å². The Kier molecular flexibility index (Phi) is 3.91. The molecule has 0 radical (unpaired) electrons. The van der Waals surface area contributed by atoms with Gasteiger partial charge in [-0.2, -0.15) is 0 Å². The minimum Gasteiger partial charge on any atom is -0.345 e. The summed E-state index contributed by atoms with van der Waals surface area (Å²) >= 11 is 0. The first-order valence-corrected chi connectivity index (χ1v) is 9.03. The van der Waals surface area contributed by atoms with Gasteiger partial charge in [0, 0.05) is 43.3 Å². The molecule has 0 saturated heterocycles. The summed E-state index contributed by atoms with van der Waals surface area (Å²) < 4.78 is 16.3. The van der Waals surface area contributed by atoms with Gasteiger partial charge >= 0.3 is 0 Å². The number of rotatable bonds is 3. The number of amides is 1. The maximum Gasteiger partial charge on any atom is 0.230 e. The van der Waals surface area contributed by atoms with E-state index in [0.29, 0.717) is 5.39 Å². The van der Waals surface area contributed by atoms with Gasteiger partial charge in [-0.15, -0.1) is 0 Å². The van der Waals surface area contributed by atoms with Crippen molar-refractivity contribution in [2.45, 2.75) is 26.4 Å². The summed E-state index contributed by atoms with van der Waals surface area (Å²) in [6, 6.07) is 5.49. The number of halogens is 1. The van der Waals surface area contributed by atoms with Crippen molar-refractivity contribution in [3.05, 3.63) is 41.9 Å². The molecule has 0 bridgehead atoms. The van der Waals surface area contributed by atoms with E-state index in [1.165, 1.54) is 0 Å². The summed E-state index contributed by atoms with van der Waals surface area (Å²) in [5.74, 6) is -0.142. The van der Waals surface area contributed by atoms with Gasteiger partial charge in [-0.3, -0.25) is 9.69 Å². The topological polar surface area (TPSA) is 28.5 Å². The summed E-state index contributed by atoms with van der Waals surface area (Å²) in [5, 5.41) is 0.664. The predicted molar refractivity (Wildman–Crippen MR) is 97.7 cm³/mol. The average molecular weight is 341 g/mol. The van der Waals surface area contributed by atoms with Crippen LogP contribution in [0.5, 0.6) is 0 Å². The van der Waals surface area contributed by atoms with Gasteiger partial charge in [-0.25, -0.2) is 4.39 Å². The highest BCUT2D eigenvalue weighted by molar-refractivity contribution is 5.96. The first-order chi connectivity index (χ1) is 12.0. The van der Waals surface area contributed by atoms with Crippen LogP contribution in [-0.4, -0.2) is 53.0 Å². The Morgan fingerprint density at radius 1 is 1.24 bits per heavy atom. The molecule has 2 aromatic rings. The van der Waals surface area contributed by atoms with Crippen molar-refractivity contribution in [1.82, 2.24) is 14.4 Å². The number of hydrogen-bond donors (Lipinski definition) is 0. The van der Waals surface area contributed by atoms with Crippen LogP contribution in [0.3, 0.4) is 0 Å². The molecule has 2 aliphatic heterocycles. The Hall–Kier alpha value is -2.14. The number of carbonyl (C=O) groups is 1. The number of likely N-dealkylation sites (N-methyl/N-ethyl adjacent to an activating group) is 1. The van der Waals surface area contributed by atoms with Crippen molar-refractivity contribution >= 4 is 22.4 Å². The van der Waals surface area contributed by atoms with Crippen LogP contribution in [0.2, 0.25) is 0 Å². The van der Waals surface area contributed by atoms with Crippen LogP contribution in [0.25, 0.3) is 16.5 Å². The number of nitrogens with zero attached hydrogens (tertiary/aromatic N) is 3. The van der Waals surface area contributed by atoms with Crippen molar-refractivity contribution in [2.75, 3.05) is 26.7 Å². The first kappa shape index (κ1) is 16.3. The Labute approximate surface area is 147 Å². The maximum absolute atomic E-state index is 14.1. The van der Waals surface area contributed by atoms with E-state index in [1.54, 1.807) is 6.07 Å². The van der Waals surface area contributed by atoms with E-state index in [1.807, 2.05) is 37.1 Å². The molecule has 1 aromatic heterocycles. The molecule has 25 heavy (non-hydrogen) atoms. The lowest BCUT2D eigenvalue weighted by Gasteiger charge is -2.41. The molecule has 1 aromatic carbocycles. The SMILES string of the molecule is CCN(CC)C(=O)[C@@H]1C=C2c3ccc(F)c4ccn(c34)C[C@H]2N(C)C1. The largest absolute Gasteiger partial charge is 0.345 e. The molecule has 1 amide bonds. The van der Waals surface area contributed by atoms with Crippen LogP contribution in [0, 0.1) is 11.7 Å². The standard InChI is InChI=1S/C20H24FN3O/c1-4-23(5-2)20(25)13-10-16-14-6-7-17(21)15-8-9-24(19(14)15)12-18(16)22(3)11-13/h6-10,13,18H,4-5,11-12H2,1-3H3/t13-,18-/m1/s1. The van der Waals surface area contributed by atoms with Gasteiger partial charge in [0.05, 0.1) is 17.5 Å². The molecule has 5 heteroatoms. The number of carbonyl (C=O) groups excluding carboxylic acids is 1. The molecule has 0 saturated carbocycles. The highest BCUT2D eigenvalue weighted by Crippen LogP contribution is 2.39. The van der Waals surface area contributed by atoms with E-state index in [0.717, 1.165) is 42.8 Å². The molecule has 0 unspecified atom stereocenters. The van der Waals surface area contributed by atoms with E-state index in [4.69, 9.17) is 0 Å². The molecular formula is C20H24FN3O. The highest BCUT2D eigenvalue weighted by Gasteiger charge is 2.36. The van der Waals surface area contributed by atoms with E-state index in [2.05, 4.69) is 22.6 Å². The zero-order valence-electron chi connectivity index (χ0n) is 15.0. The molecule has 2 atom stereocenters. The highest BCUT2D eigenvalue weighted by atomic mass is 19.1. The molecule has 2 aliphatic rings. The van der Waals surface area contributed by atoms with Crippen LogP contribution in [0.1, 0.15) is 19.4 Å². The quantitative estimate of drug-likeness (QED) is 0.859. The lowest BCUT2D eigenvalue weighted by Crippen LogP contribution is -2.48. The third kappa shape index (κ3) is 2.41. The molecule has 4 nitrogen and oxygen atoms in total. The van der Waals surface area contributed by atoms with E-state index >= 15 is 0 Å². The van der Waals surface area contributed by atoms with Crippen LogP contribution in [-0.2, 0) is 11.3 Å². The van der Waals surface area contributed by atoms with Gasteiger partial charge in [0.1, 0.15) is 5.82 Å². The van der Waals surface area contributed by atoms with Crippen LogP contribution < -0.4 is 0 Å². The van der Waals surface area contributed by atoms with E-state index < -0.39 is 0 Å². The fourth-order valence-electron chi connectivity index (χ4n) is 4.34. The van der Waals surface area contributed by atoms with Gasteiger partial charge < -0.3 is 9.47 Å². The smallest absolute Gasteiger partial charge is 0.230 e. The summed E-state index contributed by atoms with van der Waals surface area (Å²) in [7, 11) is 2.08. The lowest BCUT2D eigenvalue weighted by molar-refractivity contribution is -0.134. The van der Waals surface area contributed by atoms with Crippen molar-refractivity contribution in [3.63, 3.8) is 0 Å². The summed E-state index contributed by atoms with van der Waals surface area (Å²) in [5.41, 5.74) is 3.17. The molecule has 0 spiro atoms. The molecule has 0 N–H and O–H groups in total.